The molecule has 1 saturated carbocycles. The molecule has 5 fully saturated rings. The molecule has 6 aliphatic heterocycles. The summed E-state index contributed by atoms with van der Waals surface area (Å²) in [5.41, 5.74) is 6.59. The number of anilines is 4. The summed E-state index contributed by atoms with van der Waals surface area (Å²) in [5, 5.41) is 16.6. The van der Waals surface area contributed by atoms with E-state index in [1.54, 1.807) is 6.07 Å². The Labute approximate surface area is 407 Å². The maximum Gasteiger partial charge on any atom is 0.297 e. The van der Waals surface area contributed by atoms with Crippen LogP contribution >= 0.6 is 0 Å². The fraction of sp³-hybridized carbons (Fsp3) is 0.462. The first-order valence-corrected chi connectivity index (χ1v) is 26.3. The smallest absolute Gasteiger partial charge is 0.297 e. The summed E-state index contributed by atoms with van der Waals surface area (Å²) in [6, 6.07) is 21.5. The molecular weight excluding hydrogens is 911 g/mol. The first kappa shape index (κ1) is 45.0. The number of nitrogens with one attached hydrogen (secondary N) is 3. The number of nitrogens with zero attached hydrogens (tertiary/aromatic N) is 6. The third-order valence-electron chi connectivity index (χ3n) is 16.2. The van der Waals surface area contributed by atoms with Gasteiger partial charge in [0.2, 0.25) is 5.88 Å². The number of aromatic nitrogens is 2. The average molecular weight is 970 g/mol. The number of hydrogen-bond acceptors (Lipinski definition) is 14. The van der Waals surface area contributed by atoms with Gasteiger partial charge in [0.25, 0.3) is 21.6 Å². The van der Waals surface area contributed by atoms with E-state index in [0.717, 1.165) is 68.2 Å². The number of hydrogen-bond donors (Lipinski definition) is 3. The van der Waals surface area contributed by atoms with Crippen LogP contribution in [0, 0.1) is 15.5 Å². The molecule has 17 nitrogen and oxygen atoms in total. The Hall–Kier alpha value is -6.21. The summed E-state index contributed by atoms with van der Waals surface area (Å²) < 4.78 is 48.7. The van der Waals surface area contributed by atoms with Crippen molar-refractivity contribution < 1.29 is 32.3 Å². The van der Waals surface area contributed by atoms with Gasteiger partial charge in [0.05, 0.1) is 46.4 Å². The van der Waals surface area contributed by atoms with Crippen molar-refractivity contribution in [1.29, 1.82) is 0 Å². The van der Waals surface area contributed by atoms with E-state index in [4.69, 9.17) is 19.2 Å². The highest BCUT2D eigenvalue weighted by Gasteiger charge is 2.50. The van der Waals surface area contributed by atoms with Gasteiger partial charge in [-0.25, -0.2) is 13.1 Å². The zero-order chi connectivity index (χ0) is 47.9. The van der Waals surface area contributed by atoms with E-state index in [1.807, 2.05) is 35.4 Å². The standard InChI is InChI=1S/C52H59N9O8S/c1-32(2)40-7-3-4-8-41(40)43-9-5-16-59(43)37-26-52(27-37)13-18-57(19-14-52)35-10-11-42(44(23-35)60-17-6-20-67-51-46(60)21-33-12-15-53-49(33)55-51)50(62)56-70(65,66)39-24-45(61(63)64)48-47(25-39)69-30-34(54-48)28-58-29-38-22-36(58)31-68-38/h3-4,7-8,10-12,15,21,23-25,34,36-38,43,54H,1,5-6,9,13-14,16-20,22,26-31H2,2H3,(H,53,55)(H,56,62)/t34-,36-,38-,43+/m1/s1. The molecule has 1 spiro atoms. The van der Waals surface area contributed by atoms with Crippen LogP contribution in [0.3, 0.4) is 0 Å². The van der Waals surface area contributed by atoms with Crippen molar-refractivity contribution in [3.05, 3.63) is 106 Å². The highest BCUT2D eigenvalue weighted by atomic mass is 32.2. The van der Waals surface area contributed by atoms with Crippen LogP contribution in [-0.2, 0) is 14.8 Å². The molecule has 2 aromatic heterocycles. The average Bonchev–Trinajstić information content (AvgIpc) is 4.17. The summed E-state index contributed by atoms with van der Waals surface area (Å²) in [6.45, 7) is 12.3. The number of nitro benzene ring substituents is 1. The number of fused-ring (bicyclic) bond motifs is 5. The molecule has 0 unspecified atom stereocenters. The van der Waals surface area contributed by atoms with Crippen molar-refractivity contribution in [3.63, 3.8) is 0 Å². The van der Waals surface area contributed by atoms with E-state index in [1.165, 1.54) is 42.9 Å². The summed E-state index contributed by atoms with van der Waals surface area (Å²) in [7, 11) is -4.66. The number of benzene rings is 3. The van der Waals surface area contributed by atoms with E-state index < -0.39 is 31.4 Å². The van der Waals surface area contributed by atoms with Crippen LogP contribution in [0.4, 0.5) is 28.4 Å². The molecule has 12 rings (SSSR count). The molecule has 1 amide bonds. The van der Waals surface area contributed by atoms with Crippen molar-refractivity contribution in [1.82, 2.24) is 24.5 Å². The fourth-order valence-electron chi connectivity index (χ4n) is 12.6. The number of nitro groups is 1. The molecule has 366 valence electrons. The van der Waals surface area contributed by atoms with Crippen LogP contribution in [0.15, 0.2) is 84.4 Å². The first-order chi connectivity index (χ1) is 33.9. The quantitative estimate of drug-likeness (QED) is 0.0860. The number of amides is 1. The minimum absolute atomic E-state index is 0.0321. The van der Waals surface area contributed by atoms with Crippen LogP contribution < -0.4 is 29.3 Å². The number of carbonyl (C=O) groups excluding carboxylic acids is 1. The van der Waals surface area contributed by atoms with Gasteiger partial charge in [-0.2, -0.15) is 4.98 Å². The molecule has 3 N–H and O–H groups in total. The predicted molar refractivity (Wildman–Crippen MR) is 267 cm³/mol. The first-order valence-electron chi connectivity index (χ1n) is 24.8. The molecule has 4 saturated heterocycles. The Bertz CT molecular complexity index is 3020. The van der Waals surface area contributed by atoms with E-state index in [2.05, 4.69) is 67.5 Å². The third-order valence-corrected chi connectivity index (χ3v) is 17.5. The summed E-state index contributed by atoms with van der Waals surface area (Å²) >= 11 is 0. The Morgan fingerprint density at radius 3 is 2.60 bits per heavy atom. The summed E-state index contributed by atoms with van der Waals surface area (Å²) in [5.74, 6) is -0.445. The molecular formula is C52H59N9O8S. The molecule has 8 heterocycles. The number of likely N-dealkylation sites (tertiary alicyclic amines) is 2. The minimum Gasteiger partial charge on any atom is -0.489 e. The SMILES string of the molecule is C=C(C)c1ccccc1[C@@H]1CCCN1C1CC2(CCN(c3ccc(C(=O)NS(=O)(=O)c4cc5c(c([N+](=O)[O-])c4)N[C@H](CN4C[C@H]6C[C@@H]4CO6)CO5)c(N4CCCOc5nc6[nH]ccc6cc54)c3)CC2)C1. The van der Waals surface area contributed by atoms with Crippen molar-refractivity contribution in [3.8, 4) is 11.6 Å². The van der Waals surface area contributed by atoms with Gasteiger partial charge in [-0.15, -0.1) is 0 Å². The number of sulfonamides is 1. The number of piperidine rings is 1. The normalized spacial score (nSPS) is 24.3. The number of aromatic amines is 1. The zero-order valence-corrected chi connectivity index (χ0v) is 40.2. The molecule has 70 heavy (non-hydrogen) atoms. The van der Waals surface area contributed by atoms with Crippen molar-refractivity contribution in [2.45, 2.75) is 93.5 Å². The minimum atomic E-state index is -4.66. The van der Waals surface area contributed by atoms with Crippen LogP contribution in [0.1, 0.15) is 85.8 Å². The largest absolute Gasteiger partial charge is 0.489 e. The second kappa shape index (κ2) is 17.6. The van der Waals surface area contributed by atoms with Crippen LogP contribution in [0.25, 0.3) is 16.6 Å². The van der Waals surface area contributed by atoms with Gasteiger partial charge in [-0.05, 0) is 112 Å². The van der Waals surface area contributed by atoms with E-state index in [-0.39, 0.29) is 41.2 Å². The number of morpholine rings is 1. The van der Waals surface area contributed by atoms with Gasteiger partial charge in [0, 0.05) is 80.3 Å². The number of H-pyrrole nitrogens is 1. The Morgan fingerprint density at radius 1 is 0.971 bits per heavy atom. The van der Waals surface area contributed by atoms with Crippen molar-refractivity contribution in [2.24, 2.45) is 5.41 Å². The maximum atomic E-state index is 14.6. The van der Waals surface area contributed by atoms with Gasteiger partial charge in [0.1, 0.15) is 17.9 Å². The second-order valence-electron chi connectivity index (χ2n) is 20.6. The Kier molecular flexibility index (Phi) is 11.3. The monoisotopic (exact) mass is 969 g/mol. The lowest BCUT2D eigenvalue weighted by Crippen LogP contribution is -2.54. The molecule has 3 aromatic carbocycles. The topological polar surface area (TPSA) is 188 Å². The van der Waals surface area contributed by atoms with Crippen LogP contribution in [0.5, 0.6) is 11.6 Å². The lowest BCUT2D eigenvalue weighted by atomic mass is 9.59. The lowest BCUT2D eigenvalue weighted by Gasteiger charge is -2.56. The highest BCUT2D eigenvalue weighted by molar-refractivity contribution is 7.90. The van der Waals surface area contributed by atoms with Gasteiger partial charge >= 0.3 is 0 Å². The zero-order valence-electron chi connectivity index (χ0n) is 39.4. The fourth-order valence-corrected chi connectivity index (χ4v) is 13.6. The Balaban J connectivity index is 0.799. The number of allylic oxidation sites excluding steroid dienone is 1. The number of carbonyl (C=O) groups is 1. The van der Waals surface area contributed by atoms with Crippen LogP contribution in [0.2, 0.25) is 0 Å². The Morgan fingerprint density at radius 2 is 1.81 bits per heavy atom. The maximum absolute atomic E-state index is 14.6. The summed E-state index contributed by atoms with van der Waals surface area (Å²) in [4.78, 5) is 43.4. The number of rotatable bonds is 11. The molecule has 2 bridgehead atoms. The highest BCUT2D eigenvalue weighted by Crippen LogP contribution is 2.54. The second-order valence-corrected chi connectivity index (χ2v) is 22.2. The van der Waals surface area contributed by atoms with Gasteiger partial charge in [-0.1, -0.05) is 36.4 Å². The number of ether oxygens (including phenoxy) is 3. The molecule has 5 aromatic rings. The van der Waals surface area contributed by atoms with E-state index in [0.29, 0.717) is 73.8 Å². The molecule has 4 atom stereocenters. The molecule has 1 aliphatic carbocycles. The van der Waals surface area contributed by atoms with Crippen molar-refractivity contribution >= 4 is 61.0 Å². The van der Waals surface area contributed by atoms with Gasteiger partial charge in [-0.3, -0.25) is 24.7 Å². The summed E-state index contributed by atoms with van der Waals surface area (Å²) in [6.07, 6.45) is 10.4. The number of pyridine rings is 1. The van der Waals surface area contributed by atoms with Crippen LogP contribution in [-0.4, -0.2) is 122 Å². The molecule has 0 radical (unpaired) electrons. The van der Waals surface area contributed by atoms with Gasteiger partial charge < -0.3 is 34.3 Å². The molecule has 18 heteroatoms. The van der Waals surface area contributed by atoms with E-state index in [9.17, 15) is 23.3 Å². The lowest BCUT2D eigenvalue weighted by molar-refractivity contribution is -0.384. The van der Waals surface area contributed by atoms with Gasteiger partial charge in [0.15, 0.2) is 11.4 Å². The van der Waals surface area contributed by atoms with E-state index >= 15 is 0 Å². The predicted octanol–water partition coefficient (Wildman–Crippen LogP) is 7.78. The molecule has 7 aliphatic rings. The van der Waals surface area contributed by atoms with Crippen molar-refractivity contribution in [2.75, 3.05) is 74.2 Å². The third kappa shape index (κ3) is 8.11.